The summed E-state index contributed by atoms with van der Waals surface area (Å²) in [7, 11) is -4.43. The van der Waals surface area contributed by atoms with Crippen LogP contribution in [-0.2, 0) is 19.7 Å². The van der Waals surface area contributed by atoms with Gasteiger partial charge in [0.15, 0.2) is 0 Å². The Bertz CT molecular complexity index is 580. The number of carbonyl (C=O) groups is 2. The van der Waals surface area contributed by atoms with Crippen LogP contribution in [0.1, 0.15) is 66.2 Å². The Morgan fingerprint density at radius 3 is 2.46 bits per heavy atom. The van der Waals surface area contributed by atoms with Crippen LogP contribution in [0.15, 0.2) is 0 Å². The standard InChI is InChI=1S/C17H32N2O5S.Na/c1-5-14(19-10-8-6-7-9-15(19)20)11-13(2)16(21)18-17(3,4)12-25(22,23)24;/h13-14H,5-12H2,1-4H3,(H,18,21)(H,22,23,24);/q;+1/p-1. The molecule has 0 bridgehead atoms. The molecule has 26 heavy (non-hydrogen) atoms. The number of carbonyl (C=O) groups excluding carboxylic acids is 2. The number of rotatable bonds is 8. The monoisotopic (exact) mass is 398 g/mol. The number of nitrogens with one attached hydrogen (secondary N) is 1. The van der Waals surface area contributed by atoms with Crippen molar-refractivity contribution in [2.24, 2.45) is 5.92 Å². The molecule has 2 amide bonds. The van der Waals surface area contributed by atoms with Crippen molar-refractivity contribution in [3.8, 4) is 0 Å². The molecule has 1 fully saturated rings. The molecule has 1 N–H and O–H groups in total. The van der Waals surface area contributed by atoms with Crippen LogP contribution in [-0.4, -0.2) is 53.6 Å². The quantitative estimate of drug-likeness (QED) is 0.401. The van der Waals surface area contributed by atoms with E-state index in [2.05, 4.69) is 5.32 Å². The van der Waals surface area contributed by atoms with Crippen LogP contribution in [0.5, 0.6) is 0 Å². The van der Waals surface area contributed by atoms with Gasteiger partial charge in [0.05, 0.1) is 15.9 Å². The molecule has 2 atom stereocenters. The van der Waals surface area contributed by atoms with Gasteiger partial charge in [-0.3, -0.25) is 9.59 Å². The van der Waals surface area contributed by atoms with E-state index in [9.17, 15) is 22.6 Å². The molecular formula is C17H31N2NaO5S. The molecule has 0 aromatic rings. The van der Waals surface area contributed by atoms with Crippen molar-refractivity contribution in [3.05, 3.63) is 0 Å². The van der Waals surface area contributed by atoms with Gasteiger partial charge in [0.2, 0.25) is 11.8 Å². The normalized spacial score (nSPS) is 18.5. The number of likely N-dealkylation sites (tertiary alicyclic amines) is 1. The van der Waals surface area contributed by atoms with Gasteiger partial charge in [-0.05, 0) is 39.5 Å². The Morgan fingerprint density at radius 2 is 1.92 bits per heavy atom. The molecule has 0 saturated carbocycles. The second-order valence-electron chi connectivity index (χ2n) is 7.67. The maximum absolute atomic E-state index is 12.4. The number of hydrogen-bond donors (Lipinski definition) is 1. The van der Waals surface area contributed by atoms with Crippen molar-refractivity contribution in [1.29, 1.82) is 0 Å². The summed E-state index contributed by atoms with van der Waals surface area (Å²) in [5.74, 6) is -1.18. The van der Waals surface area contributed by atoms with Gasteiger partial charge in [-0.25, -0.2) is 8.42 Å². The van der Waals surface area contributed by atoms with Crippen LogP contribution < -0.4 is 34.9 Å². The van der Waals surface area contributed by atoms with Crippen LogP contribution in [0.2, 0.25) is 0 Å². The van der Waals surface area contributed by atoms with Gasteiger partial charge >= 0.3 is 29.6 Å². The Kier molecular flexibility index (Phi) is 10.9. The van der Waals surface area contributed by atoms with Gasteiger partial charge < -0.3 is 14.8 Å². The van der Waals surface area contributed by atoms with E-state index < -0.39 is 21.4 Å². The first-order valence-corrected chi connectivity index (χ1v) is 10.6. The van der Waals surface area contributed by atoms with E-state index in [1.807, 2.05) is 11.8 Å². The van der Waals surface area contributed by atoms with E-state index in [1.54, 1.807) is 6.92 Å². The SMILES string of the molecule is CCC(CC(C)C(=O)NC(C)(C)CS(=O)(=O)[O-])N1CCCCCC1=O.[Na+]. The van der Waals surface area contributed by atoms with E-state index in [1.165, 1.54) is 13.8 Å². The van der Waals surface area contributed by atoms with Crippen molar-refractivity contribution in [2.75, 3.05) is 12.3 Å². The van der Waals surface area contributed by atoms with Gasteiger partial charge in [-0.2, -0.15) is 0 Å². The van der Waals surface area contributed by atoms with E-state index in [-0.39, 0.29) is 53.3 Å². The number of amides is 2. The minimum atomic E-state index is -4.43. The number of nitrogens with zero attached hydrogens (tertiary/aromatic N) is 1. The molecule has 9 heteroatoms. The summed E-state index contributed by atoms with van der Waals surface area (Å²) in [5.41, 5.74) is -1.12. The maximum atomic E-state index is 12.4. The number of hydrogen-bond acceptors (Lipinski definition) is 5. The molecule has 0 aromatic heterocycles. The average Bonchev–Trinajstić information content (AvgIpc) is 2.66. The summed E-state index contributed by atoms with van der Waals surface area (Å²) in [6.07, 6.45) is 4.80. The Balaban J connectivity index is 0.00000625. The Hall–Kier alpha value is -0.150. The maximum Gasteiger partial charge on any atom is 1.00 e. The second-order valence-corrected chi connectivity index (χ2v) is 9.08. The molecule has 0 radical (unpaired) electrons. The van der Waals surface area contributed by atoms with E-state index in [0.29, 0.717) is 12.8 Å². The minimum Gasteiger partial charge on any atom is -0.748 e. The molecule has 0 aliphatic carbocycles. The van der Waals surface area contributed by atoms with E-state index in [4.69, 9.17) is 0 Å². The zero-order valence-corrected chi connectivity index (χ0v) is 19.5. The molecule has 1 heterocycles. The van der Waals surface area contributed by atoms with Gasteiger partial charge in [0.1, 0.15) is 0 Å². The summed E-state index contributed by atoms with van der Waals surface area (Å²) in [5, 5.41) is 2.65. The minimum absolute atomic E-state index is 0. The molecule has 1 saturated heterocycles. The fourth-order valence-corrected chi connectivity index (χ4v) is 4.31. The summed E-state index contributed by atoms with van der Waals surface area (Å²) in [6.45, 7) is 7.53. The zero-order chi connectivity index (χ0) is 19.3. The smallest absolute Gasteiger partial charge is 0.748 e. The fourth-order valence-electron chi connectivity index (χ4n) is 3.35. The third kappa shape index (κ3) is 9.17. The molecule has 0 aromatic carbocycles. The molecule has 1 aliphatic rings. The summed E-state index contributed by atoms with van der Waals surface area (Å²) >= 11 is 0. The third-order valence-electron chi connectivity index (χ3n) is 4.59. The van der Waals surface area contributed by atoms with Crippen molar-refractivity contribution < 1.29 is 52.1 Å². The first-order valence-electron chi connectivity index (χ1n) is 9.00. The molecule has 1 rings (SSSR count). The third-order valence-corrected chi connectivity index (χ3v) is 5.67. The van der Waals surface area contributed by atoms with E-state index >= 15 is 0 Å². The van der Waals surface area contributed by atoms with Crippen LogP contribution >= 0.6 is 0 Å². The van der Waals surface area contributed by atoms with Gasteiger partial charge in [-0.1, -0.05) is 20.3 Å². The van der Waals surface area contributed by atoms with Gasteiger partial charge in [0.25, 0.3) is 0 Å². The van der Waals surface area contributed by atoms with Gasteiger partial charge in [-0.15, -0.1) is 0 Å². The van der Waals surface area contributed by atoms with Crippen molar-refractivity contribution in [1.82, 2.24) is 10.2 Å². The molecule has 0 spiro atoms. The largest absolute Gasteiger partial charge is 1.00 e. The van der Waals surface area contributed by atoms with Crippen molar-refractivity contribution >= 4 is 21.9 Å². The molecule has 7 nitrogen and oxygen atoms in total. The van der Waals surface area contributed by atoms with E-state index in [0.717, 1.165) is 32.2 Å². The van der Waals surface area contributed by atoms with Crippen LogP contribution in [0.4, 0.5) is 0 Å². The summed E-state index contributed by atoms with van der Waals surface area (Å²) in [6, 6.07) is -0.00213. The molecule has 146 valence electrons. The zero-order valence-electron chi connectivity index (χ0n) is 16.7. The second kappa shape index (κ2) is 11.0. The molecule has 2 unspecified atom stereocenters. The topological polar surface area (TPSA) is 107 Å². The average molecular weight is 399 g/mol. The first-order chi connectivity index (χ1) is 11.4. The van der Waals surface area contributed by atoms with Gasteiger partial charge in [0, 0.05) is 30.5 Å². The Morgan fingerprint density at radius 1 is 1.31 bits per heavy atom. The van der Waals surface area contributed by atoms with Crippen molar-refractivity contribution in [3.63, 3.8) is 0 Å². The predicted molar refractivity (Wildman–Crippen MR) is 94.8 cm³/mol. The van der Waals surface area contributed by atoms with Crippen LogP contribution in [0.3, 0.4) is 0 Å². The first kappa shape index (κ1) is 25.9. The summed E-state index contributed by atoms with van der Waals surface area (Å²) < 4.78 is 32.8. The van der Waals surface area contributed by atoms with Crippen molar-refractivity contribution in [2.45, 2.75) is 77.8 Å². The molecular weight excluding hydrogens is 367 g/mol. The Labute approximate surface area is 179 Å². The predicted octanol–water partition coefficient (Wildman–Crippen LogP) is -1.36. The fraction of sp³-hybridized carbons (Fsp3) is 0.882. The molecule has 1 aliphatic heterocycles. The summed E-state index contributed by atoms with van der Waals surface area (Å²) in [4.78, 5) is 26.6. The van der Waals surface area contributed by atoms with Crippen LogP contribution in [0, 0.1) is 5.92 Å². The van der Waals surface area contributed by atoms with Crippen LogP contribution in [0.25, 0.3) is 0 Å².